The van der Waals surface area contributed by atoms with Crippen LogP contribution >= 0.6 is 11.3 Å². The maximum Gasteiger partial charge on any atom is 0.254 e. The molecule has 1 aliphatic heterocycles. The van der Waals surface area contributed by atoms with Gasteiger partial charge in [0.05, 0.1) is 11.6 Å². The lowest BCUT2D eigenvalue weighted by Crippen LogP contribution is -2.36. The summed E-state index contributed by atoms with van der Waals surface area (Å²) in [6.45, 7) is 6.56. The number of rotatable bonds is 5. The summed E-state index contributed by atoms with van der Waals surface area (Å²) in [4.78, 5) is 16.2. The second-order valence-electron chi connectivity index (χ2n) is 5.81. The van der Waals surface area contributed by atoms with Crippen LogP contribution < -0.4 is 5.32 Å². The number of aryl methyl sites for hydroxylation is 2. The highest BCUT2D eigenvalue weighted by Crippen LogP contribution is 2.28. The van der Waals surface area contributed by atoms with Crippen LogP contribution in [-0.2, 0) is 0 Å². The fraction of sp³-hybridized carbons (Fsp3) is 0.471. The molecule has 0 bridgehead atoms. The molecule has 1 unspecified atom stereocenters. The summed E-state index contributed by atoms with van der Waals surface area (Å²) in [7, 11) is 0. The van der Waals surface area contributed by atoms with E-state index in [1.807, 2.05) is 13.8 Å². The van der Waals surface area contributed by atoms with Gasteiger partial charge >= 0.3 is 0 Å². The Morgan fingerprint density at radius 1 is 1.41 bits per heavy atom. The molecule has 1 saturated heterocycles. The third kappa shape index (κ3) is 3.25. The zero-order valence-corrected chi connectivity index (χ0v) is 13.9. The van der Waals surface area contributed by atoms with Gasteiger partial charge in [-0.05, 0) is 57.3 Å². The molecule has 118 valence electrons. The average molecular weight is 318 g/mol. The van der Waals surface area contributed by atoms with Crippen LogP contribution in [0.15, 0.2) is 28.0 Å². The van der Waals surface area contributed by atoms with Gasteiger partial charge in [0.15, 0.2) is 0 Å². The number of hydrogen-bond donors (Lipinski definition) is 1. The smallest absolute Gasteiger partial charge is 0.254 e. The number of amides is 1. The van der Waals surface area contributed by atoms with Crippen LogP contribution in [-0.4, -0.2) is 30.4 Å². The van der Waals surface area contributed by atoms with E-state index in [1.165, 1.54) is 17.7 Å². The molecule has 22 heavy (non-hydrogen) atoms. The van der Waals surface area contributed by atoms with Gasteiger partial charge in [0, 0.05) is 11.4 Å². The Kier molecular flexibility index (Phi) is 4.64. The van der Waals surface area contributed by atoms with E-state index < -0.39 is 0 Å². The van der Waals surface area contributed by atoms with Crippen molar-refractivity contribution in [3.05, 3.63) is 45.5 Å². The van der Waals surface area contributed by atoms with Crippen LogP contribution in [0.5, 0.6) is 0 Å². The Hall–Kier alpha value is -1.59. The Morgan fingerprint density at radius 3 is 2.77 bits per heavy atom. The summed E-state index contributed by atoms with van der Waals surface area (Å²) in [5, 5.41) is 5.19. The molecule has 0 aromatic carbocycles. The van der Waals surface area contributed by atoms with Crippen LogP contribution in [0.4, 0.5) is 0 Å². The number of likely N-dealkylation sites (tertiary alicyclic amines) is 1. The maximum absolute atomic E-state index is 12.4. The molecule has 1 atom stereocenters. The van der Waals surface area contributed by atoms with Crippen molar-refractivity contribution >= 4 is 17.2 Å². The third-order valence-electron chi connectivity index (χ3n) is 4.19. The minimum atomic E-state index is -0.0462. The summed E-state index contributed by atoms with van der Waals surface area (Å²) in [6.07, 6.45) is 2.49. The number of thiophene rings is 1. The van der Waals surface area contributed by atoms with E-state index in [1.54, 1.807) is 17.4 Å². The van der Waals surface area contributed by atoms with E-state index >= 15 is 0 Å². The molecule has 0 saturated carbocycles. The Balaban J connectivity index is 1.68. The van der Waals surface area contributed by atoms with E-state index in [-0.39, 0.29) is 11.9 Å². The molecule has 1 aliphatic rings. The predicted octanol–water partition coefficient (Wildman–Crippen LogP) is 3.52. The number of hydrogen-bond acceptors (Lipinski definition) is 4. The average Bonchev–Trinajstić information content (AvgIpc) is 3.21. The van der Waals surface area contributed by atoms with Gasteiger partial charge in [0.1, 0.15) is 11.5 Å². The first-order chi connectivity index (χ1) is 10.6. The number of carbonyl (C=O) groups excluding carboxylic acids is 1. The molecule has 2 aromatic heterocycles. The molecule has 0 spiro atoms. The van der Waals surface area contributed by atoms with Crippen molar-refractivity contribution in [2.24, 2.45) is 0 Å². The topological polar surface area (TPSA) is 45.5 Å². The molecule has 4 nitrogen and oxygen atoms in total. The first kappa shape index (κ1) is 15.3. The zero-order valence-electron chi connectivity index (χ0n) is 13.1. The molecule has 3 rings (SSSR count). The van der Waals surface area contributed by atoms with Crippen molar-refractivity contribution in [2.45, 2.75) is 32.7 Å². The van der Waals surface area contributed by atoms with Gasteiger partial charge in [0.25, 0.3) is 5.91 Å². The third-order valence-corrected chi connectivity index (χ3v) is 5.17. The van der Waals surface area contributed by atoms with Crippen molar-refractivity contribution < 1.29 is 9.21 Å². The highest BCUT2D eigenvalue weighted by Gasteiger charge is 2.25. The second-order valence-corrected chi connectivity index (χ2v) is 6.79. The molecule has 0 aliphatic carbocycles. The molecule has 0 radical (unpaired) electrons. The van der Waals surface area contributed by atoms with Crippen LogP contribution in [0.25, 0.3) is 0 Å². The Morgan fingerprint density at radius 2 is 2.18 bits per heavy atom. The van der Waals surface area contributed by atoms with Gasteiger partial charge in [0.2, 0.25) is 0 Å². The number of furan rings is 1. The molecular formula is C17H22N2O2S. The fourth-order valence-corrected chi connectivity index (χ4v) is 3.95. The first-order valence-electron chi connectivity index (χ1n) is 7.78. The molecule has 5 heteroatoms. The summed E-state index contributed by atoms with van der Waals surface area (Å²) < 4.78 is 5.45. The highest BCUT2D eigenvalue weighted by atomic mass is 32.1. The fourth-order valence-electron chi connectivity index (χ4n) is 3.08. The summed E-state index contributed by atoms with van der Waals surface area (Å²) in [5.41, 5.74) is 0.642. The lowest BCUT2D eigenvalue weighted by atomic mass is 10.2. The zero-order chi connectivity index (χ0) is 15.5. The summed E-state index contributed by atoms with van der Waals surface area (Å²) in [6, 6.07) is 6.32. The number of nitrogens with zero attached hydrogens (tertiary/aromatic N) is 1. The van der Waals surface area contributed by atoms with Gasteiger partial charge in [-0.25, -0.2) is 0 Å². The normalized spacial score (nSPS) is 16.8. The summed E-state index contributed by atoms with van der Waals surface area (Å²) >= 11 is 1.76. The molecular weight excluding hydrogens is 296 g/mol. The molecule has 1 amide bonds. The quantitative estimate of drug-likeness (QED) is 0.917. The van der Waals surface area contributed by atoms with Crippen molar-refractivity contribution in [3.63, 3.8) is 0 Å². The van der Waals surface area contributed by atoms with E-state index in [0.29, 0.717) is 17.9 Å². The number of carbonyl (C=O) groups is 1. The van der Waals surface area contributed by atoms with Gasteiger partial charge in [-0.15, -0.1) is 11.3 Å². The molecule has 2 aromatic rings. The summed E-state index contributed by atoms with van der Waals surface area (Å²) in [5.74, 6) is 1.41. The van der Waals surface area contributed by atoms with E-state index in [2.05, 4.69) is 27.7 Å². The predicted molar refractivity (Wildman–Crippen MR) is 88.4 cm³/mol. The molecule has 3 heterocycles. The van der Waals surface area contributed by atoms with Crippen molar-refractivity contribution in [3.8, 4) is 0 Å². The minimum absolute atomic E-state index is 0.0462. The van der Waals surface area contributed by atoms with Crippen LogP contribution in [0, 0.1) is 13.8 Å². The van der Waals surface area contributed by atoms with Crippen LogP contribution in [0.2, 0.25) is 0 Å². The monoisotopic (exact) mass is 318 g/mol. The van der Waals surface area contributed by atoms with Crippen molar-refractivity contribution in [2.75, 3.05) is 19.6 Å². The van der Waals surface area contributed by atoms with E-state index in [9.17, 15) is 4.79 Å². The van der Waals surface area contributed by atoms with Gasteiger partial charge < -0.3 is 9.73 Å². The SMILES string of the molecule is Cc1cc(C(=O)NCC(c2cccs2)N2CCCC2)c(C)o1. The first-order valence-corrected chi connectivity index (χ1v) is 8.66. The second kappa shape index (κ2) is 6.67. The van der Waals surface area contributed by atoms with Gasteiger partial charge in [-0.2, -0.15) is 0 Å². The van der Waals surface area contributed by atoms with Gasteiger partial charge in [-0.1, -0.05) is 6.07 Å². The highest BCUT2D eigenvalue weighted by molar-refractivity contribution is 7.10. The van der Waals surface area contributed by atoms with E-state index in [4.69, 9.17) is 4.42 Å². The van der Waals surface area contributed by atoms with Crippen molar-refractivity contribution in [1.82, 2.24) is 10.2 Å². The van der Waals surface area contributed by atoms with Crippen molar-refractivity contribution in [1.29, 1.82) is 0 Å². The van der Waals surface area contributed by atoms with Crippen LogP contribution in [0.3, 0.4) is 0 Å². The lowest BCUT2D eigenvalue weighted by Gasteiger charge is -2.26. The maximum atomic E-state index is 12.4. The van der Waals surface area contributed by atoms with Crippen LogP contribution in [0.1, 0.15) is 45.6 Å². The van der Waals surface area contributed by atoms with Gasteiger partial charge in [-0.3, -0.25) is 9.69 Å². The Bertz CT molecular complexity index is 627. The molecule has 1 N–H and O–H groups in total. The number of nitrogens with one attached hydrogen (secondary N) is 1. The lowest BCUT2D eigenvalue weighted by molar-refractivity contribution is 0.0937. The largest absolute Gasteiger partial charge is 0.466 e. The molecule has 1 fully saturated rings. The minimum Gasteiger partial charge on any atom is -0.466 e. The van der Waals surface area contributed by atoms with E-state index in [0.717, 1.165) is 18.8 Å². The Labute approximate surface area is 135 Å². The standard InChI is InChI=1S/C17H22N2O2S/c1-12-10-14(13(2)21-12)17(20)18-11-15(16-6-5-9-22-16)19-7-3-4-8-19/h5-6,9-10,15H,3-4,7-8,11H2,1-2H3,(H,18,20).